The molecule has 0 atom stereocenters. The summed E-state index contributed by atoms with van der Waals surface area (Å²) in [6.07, 6.45) is 0.982. The second kappa shape index (κ2) is 7.56. The highest BCUT2D eigenvalue weighted by Gasteiger charge is 2.11. The van der Waals surface area contributed by atoms with Gasteiger partial charge in [0.15, 0.2) is 11.5 Å². The fourth-order valence-corrected chi connectivity index (χ4v) is 2.14. The normalized spacial score (nSPS) is 10.4. The maximum atomic E-state index is 5.71. The van der Waals surface area contributed by atoms with Gasteiger partial charge in [-0.1, -0.05) is 6.92 Å². The van der Waals surface area contributed by atoms with Crippen molar-refractivity contribution in [3.8, 4) is 11.5 Å². The standard InChI is InChI=1S/C13H20BrNO2/c1-4-6-17-13-11(14)7-10(9-15-3)8-12(13)16-5-2/h7-8,15H,4-6,9H2,1-3H3. The summed E-state index contributed by atoms with van der Waals surface area (Å²) in [5.41, 5.74) is 1.17. The summed E-state index contributed by atoms with van der Waals surface area (Å²) >= 11 is 3.54. The van der Waals surface area contributed by atoms with Crippen LogP contribution in [0.4, 0.5) is 0 Å². The Morgan fingerprint density at radius 3 is 2.59 bits per heavy atom. The predicted octanol–water partition coefficient (Wildman–Crippen LogP) is 3.36. The zero-order chi connectivity index (χ0) is 12.7. The van der Waals surface area contributed by atoms with Gasteiger partial charge in [-0.25, -0.2) is 0 Å². The third kappa shape index (κ3) is 4.21. The van der Waals surface area contributed by atoms with Gasteiger partial charge in [0.05, 0.1) is 17.7 Å². The van der Waals surface area contributed by atoms with E-state index in [0.29, 0.717) is 13.2 Å². The van der Waals surface area contributed by atoms with E-state index >= 15 is 0 Å². The van der Waals surface area contributed by atoms with Crippen LogP contribution in [0, 0.1) is 0 Å². The van der Waals surface area contributed by atoms with E-state index < -0.39 is 0 Å². The van der Waals surface area contributed by atoms with E-state index in [4.69, 9.17) is 9.47 Å². The summed E-state index contributed by atoms with van der Waals surface area (Å²) in [4.78, 5) is 0. The zero-order valence-corrected chi connectivity index (χ0v) is 12.3. The number of hydrogen-bond donors (Lipinski definition) is 1. The smallest absolute Gasteiger partial charge is 0.175 e. The van der Waals surface area contributed by atoms with Gasteiger partial charge in [-0.15, -0.1) is 0 Å². The molecule has 0 fully saturated rings. The lowest BCUT2D eigenvalue weighted by atomic mass is 10.2. The Morgan fingerprint density at radius 1 is 1.24 bits per heavy atom. The van der Waals surface area contributed by atoms with Gasteiger partial charge in [-0.2, -0.15) is 0 Å². The molecule has 0 saturated heterocycles. The van der Waals surface area contributed by atoms with Crippen molar-refractivity contribution in [2.75, 3.05) is 20.3 Å². The average Bonchev–Trinajstić information content (AvgIpc) is 2.29. The number of hydrogen-bond acceptors (Lipinski definition) is 3. The fourth-order valence-electron chi connectivity index (χ4n) is 1.53. The third-order valence-electron chi connectivity index (χ3n) is 2.20. The van der Waals surface area contributed by atoms with Gasteiger partial charge in [0.1, 0.15) is 0 Å². The quantitative estimate of drug-likeness (QED) is 0.838. The monoisotopic (exact) mass is 301 g/mol. The summed E-state index contributed by atoms with van der Waals surface area (Å²) in [5, 5.41) is 3.13. The molecule has 1 rings (SSSR count). The Kier molecular flexibility index (Phi) is 6.37. The molecule has 0 unspecified atom stereocenters. The molecular formula is C13H20BrNO2. The fraction of sp³-hybridized carbons (Fsp3) is 0.538. The molecule has 96 valence electrons. The van der Waals surface area contributed by atoms with Crippen molar-refractivity contribution in [1.29, 1.82) is 0 Å². The van der Waals surface area contributed by atoms with E-state index in [2.05, 4.69) is 34.2 Å². The lowest BCUT2D eigenvalue weighted by Gasteiger charge is -2.15. The molecule has 0 saturated carbocycles. The van der Waals surface area contributed by atoms with E-state index in [1.807, 2.05) is 20.0 Å². The summed E-state index contributed by atoms with van der Waals surface area (Å²) in [6, 6.07) is 4.08. The topological polar surface area (TPSA) is 30.5 Å². The third-order valence-corrected chi connectivity index (χ3v) is 2.79. The molecule has 0 heterocycles. The van der Waals surface area contributed by atoms with Crippen molar-refractivity contribution in [2.45, 2.75) is 26.8 Å². The van der Waals surface area contributed by atoms with E-state index in [1.165, 1.54) is 5.56 Å². The molecule has 0 aliphatic carbocycles. The lowest BCUT2D eigenvalue weighted by molar-refractivity contribution is 0.275. The molecule has 17 heavy (non-hydrogen) atoms. The van der Waals surface area contributed by atoms with Gasteiger partial charge in [-0.3, -0.25) is 0 Å². The minimum atomic E-state index is 0.637. The van der Waals surface area contributed by atoms with Crippen molar-refractivity contribution in [1.82, 2.24) is 5.32 Å². The first kappa shape index (κ1) is 14.3. The van der Waals surface area contributed by atoms with E-state index in [0.717, 1.165) is 28.9 Å². The number of halogens is 1. The molecule has 0 radical (unpaired) electrons. The van der Waals surface area contributed by atoms with Crippen LogP contribution in [-0.4, -0.2) is 20.3 Å². The highest BCUT2D eigenvalue weighted by molar-refractivity contribution is 9.10. The number of benzene rings is 1. The molecule has 1 aromatic rings. The van der Waals surface area contributed by atoms with Crippen LogP contribution in [0.15, 0.2) is 16.6 Å². The summed E-state index contributed by atoms with van der Waals surface area (Å²) in [5.74, 6) is 1.61. The van der Waals surface area contributed by atoms with Crippen LogP contribution in [0.1, 0.15) is 25.8 Å². The minimum Gasteiger partial charge on any atom is -0.490 e. The molecule has 4 heteroatoms. The Bertz CT molecular complexity index is 356. The first-order valence-corrected chi connectivity index (χ1v) is 6.74. The molecule has 0 aliphatic rings. The number of rotatable bonds is 7. The maximum absolute atomic E-state index is 5.71. The Labute approximate surface area is 112 Å². The van der Waals surface area contributed by atoms with Crippen molar-refractivity contribution in [2.24, 2.45) is 0 Å². The molecular weight excluding hydrogens is 282 g/mol. The molecule has 1 N–H and O–H groups in total. The van der Waals surface area contributed by atoms with Crippen molar-refractivity contribution in [3.05, 3.63) is 22.2 Å². The van der Waals surface area contributed by atoms with E-state index in [1.54, 1.807) is 0 Å². The highest BCUT2D eigenvalue weighted by atomic mass is 79.9. The van der Waals surface area contributed by atoms with Gasteiger partial charge < -0.3 is 14.8 Å². The molecule has 0 aromatic heterocycles. The summed E-state index contributed by atoms with van der Waals surface area (Å²) in [6.45, 7) is 6.21. The second-order valence-electron chi connectivity index (χ2n) is 3.72. The predicted molar refractivity (Wildman–Crippen MR) is 73.9 cm³/mol. The number of nitrogens with one attached hydrogen (secondary N) is 1. The Morgan fingerprint density at radius 2 is 2.00 bits per heavy atom. The van der Waals surface area contributed by atoms with Crippen LogP contribution in [0.25, 0.3) is 0 Å². The average molecular weight is 302 g/mol. The van der Waals surface area contributed by atoms with Crippen LogP contribution in [-0.2, 0) is 6.54 Å². The van der Waals surface area contributed by atoms with E-state index in [9.17, 15) is 0 Å². The second-order valence-corrected chi connectivity index (χ2v) is 4.57. The molecule has 1 aromatic carbocycles. The molecule has 3 nitrogen and oxygen atoms in total. The first-order chi connectivity index (χ1) is 8.22. The first-order valence-electron chi connectivity index (χ1n) is 5.95. The lowest BCUT2D eigenvalue weighted by Crippen LogP contribution is -2.07. The zero-order valence-electron chi connectivity index (χ0n) is 10.7. The maximum Gasteiger partial charge on any atom is 0.175 e. The molecule has 0 amide bonds. The van der Waals surface area contributed by atoms with Crippen molar-refractivity contribution in [3.63, 3.8) is 0 Å². The summed E-state index contributed by atoms with van der Waals surface area (Å²) < 4.78 is 12.3. The van der Waals surface area contributed by atoms with Gasteiger partial charge in [0, 0.05) is 6.54 Å². The van der Waals surface area contributed by atoms with Crippen molar-refractivity contribution >= 4 is 15.9 Å². The Balaban J connectivity index is 2.99. The van der Waals surface area contributed by atoms with Crippen molar-refractivity contribution < 1.29 is 9.47 Å². The van der Waals surface area contributed by atoms with Gasteiger partial charge in [0.2, 0.25) is 0 Å². The molecule has 0 bridgehead atoms. The SMILES string of the molecule is CCCOc1c(Br)cc(CNC)cc1OCC. The highest BCUT2D eigenvalue weighted by Crippen LogP contribution is 2.37. The van der Waals surface area contributed by atoms with Gasteiger partial charge in [-0.05, 0) is 54.0 Å². The molecule has 0 spiro atoms. The van der Waals surface area contributed by atoms with Gasteiger partial charge >= 0.3 is 0 Å². The summed E-state index contributed by atoms with van der Waals surface area (Å²) in [7, 11) is 1.93. The van der Waals surface area contributed by atoms with E-state index in [-0.39, 0.29) is 0 Å². The van der Waals surface area contributed by atoms with Crippen LogP contribution < -0.4 is 14.8 Å². The largest absolute Gasteiger partial charge is 0.490 e. The Hall–Kier alpha value is -0.740. The van der Waals surface area contributed by atoms with Crippen LogP contribution in [0.2, 0.25) is 0 Å². The van der Waals surface area contributed by atoms with Crippen LogP contribution in [0.5, 0.6) is 11.5 Å². The van der Waals surface area contributed by atoms with Crippen LogP contribution >= 0.6 is 15.9 Å². The number of ether oxygens (including phenoxy) is 2. The minimum absolute atomic E-state index is 0.637. The van der Waals surface area contributed by atoms with Crippen LogP contribution in [0.3, 0.4) is 0 Å². The van der Waals surface area contributed by atoms with Gasteiger partial charge in [0.25, 0.3) is 0 Å². The molecule has 0 aliphatic heterocycles.